The fourth-order valence-electron chi connectivity index (χ4n) is 1.08. The summed E-state index contributed by atoms with van der Waals surface area (Å²) in [6.07, 6.45) is 2.14. The highest BCUT2D eigenvalue weighted by Crippen LogP contribution is 2.24. The Balaban J connectivity index is 2.68. The van der Waals surface area contributed by atoms with E-state index in [1.807, 2.05) is 6.26 Å². The van der Waals surface area contributed by atoms with Crippen LogP contribution in [0.15, 0.2) is 18.2 Å². The maximum atomic E-state index is 11.4. The van der Waals surface area contributed by atoms with Crippen molar-refractivity contribution >= 4 is 40.9 Å². The summed E-state index contributed by atoms with van der Waals surface area (Å²) in [5.74, 6) is 0.528. The van der Waals surface area contributed by atoms with Crippen LogP contribution in [-0.4, -0.2) is 18.0 Å². The van der Waals surface area contributed by atoms with Gasteiger partial charge in [0, 0.05) is 10.0 Å². The lowest BCUT2D eigenvalue weighted by molar-refractivity contribution is -0.120. The molecule has 1 rings (SSSR count). The van der Waals surface area contributed by atoms with Crippen molar-refractivity contribution in [1.82, 2.24) is 5.32 Å². The van der Waals surface area contributed by atoms with E-state index in [9.17, 15) is 4.79 Å². The Morgan fingerprint density at radius 1 is 1.40 bits per heavy atom. The highest BCUT2D eigenvalue weighted by Gasteiger charge is 2.09. The minimum Gasteiger partial charge on any atom is -0.347 e. The summed E-state index contributed by atoms with van der Waals surface area (Å²) in [4.78, 5) is 11.4. The third-order valence-electron chi connectivity index (χ3n) is 1.81. The van der Waals surface area contributed by atoms with Gasteiger partial charge in [0.05, 0.1) is 12.3 Å². The number of benzene rings is 1. The first kappa shape index (κ1) is 12.7. The van der Waals surface area contributed by atoms with Crippen molar-refractivity contribution in [2.75, 3.05) is 12.1 Å². The van der Waals surface area contributed by atoms with E-state index in [4.69, 9.17) is 23.2 Å². The molecule has 0 aliphatic carbocycles. The van der Waals surface area contributed by atoms with Crippen molar-refractivity contribution < 1.29 is 4.79 Å². The topological polar surface area (TPSA) is 29.1 Å². The third kappa shape index (κ3) is 3.93. The normalized spacial score (nSPS) is 10.1. The van der Waals surface area contributed by atoms with Gasteiger partial charge in [0.25, 0.3) is 0 Å². The van der Waals surface area contributed by atoms with Gasteiger partial charge in [-0.2, -0.15) is 0 Å². The van der Waals surface area contributed by atoms with Gasteiger partial charge in [-0.15, -0.1) is 11.8 Å². The van der Waals surface area contributed by atoms with E-state index < -0.39 is 0 Å². The summed E-state index contributed by atoms with van der Waals surface area (Å²) in [5.41, 5.74) is 0.680. The molecule has 1 aromatic carbocycles. The fourth-order valence-corrected chi connectivity index (χ4v) is 1.91. The molecule has 0 saturated carbocycles. The van der Waals surface area contributed by atoms with Crippen molar-refractivity contribution in [3.05, 3.63) is 33.8 Å². The maximum absolute atomic E-state index is 11.4. The number of hydrogen-bond acceptors (Lipinski definition) is 2. The first-order valence-electron chi connectivity index (χ1n) is 4.33. The van der Waals surface area contributed by atoms with Crippen LogP contribution in [0.1, 0.15) is 5.56 Å². The second-order valence-corrected chi connectivity index (χ2v) is 4.59. The van der Waals surface area contributed by atoms with E-state index >= 15 is 0 Å². The molecule has 15 heavy (non-hydrogen) atoms. The van der Waals surface area contributed by atoms with Crippen molar-refractivity contribution in [3.8, 4) is 0 Å². The van der Waals surface area contributed by atoms with Crippen LogP contribution in [0.25, 0.3) is 0 Å². The number of nitrogens with one attached hydrogen (secondary N) is 1. The van der Waals surface area contributed by atoms with E-state index in [-0.39, 0.29) is 12.3 Å². The molecule has 5 heteroatoms. The van der Waals surface area contributed by atoms with Crippen molar-refractivity contribution in [2.45, 2.75) is 6.42 Å². The van der Waals surface area contributed by atoms with Crippen LogP contribution < -0.4 is 5.32 Å². The van der Waals surface area contributed by atoms with Crippen LogP contribution >= 0.6 is 35.0 Å². The number of hydrogen-bond donors (Lipinski definition) is 1. The zero-order chi connectivity index (χ0) is 11.3. The molecule has 0 unspecified atom stereocenters. The minimum absolute atomic E-state index is 0.0700. The fraction of sp³-hybridized carbons (Fsp3) is 0.300. The van der Waals surface area contributed by atoms with Crippen molar-refractivity contribution in [3.63, 3.8) is 0 Å². The van der Waals surface area contributed by atoms with Crippen LogP contribution in [0.5, 0.6) is 0 Å². The van der Waals surface area contributed by atoms with Gasteiger partial charge in [0.15, 0.2) is 0 Å². The van der Waals surface area contributed by atoms with Crippen LogP contribution in [-0.2, 0) is 11.2 Å². The second kappa shape index (κ2) is 6.26. The van der Waals surface area contributed by atoms with Gasteiger partial charge >= 0.3 is 0 Å². The van der Waals surface area contributed by atoms with Gasteiger partial charge in [-0.3, -0.25) is 4.79 Å². The number of carbonyl (C=O) groups is 1. The molecular weight excluding hydrogens is 253 g/mol. The van der Waals surface area contributed by atoms with E-state index in [1.165, 1.54) is 0 Å². The molecule has 2 nitrogen and oxygen atoms in total. The molecule has 0 saturated heterocycles. The number of halogens is 2. The molecule has 0 aliphatic rings. The highest BCUT2D eigenvalue weighted by atomic mass is 35.5. The maximum Gasteiger partial charge on any atom is 0.225 e. The predicted octanol–water partition coefficient (Wildman–Crippen LogP) is 2.97. The van der Waals surface area contributed by atoms with Crippen LogP contribution in [0, 0.1) is 0 Å². The van der Waals surface area contributed by atoms with E-state index in [0.717, 1.165) is 0 Å². The molecule has 0 radical (unpaired) electrons. The van der Waals surface area contributed by atoms with Crippen molar-refractivity contribution in [1.29, 1.82) is 0 Å². The summed E-state index contributed by atoms with van der Waals surface area (Å²) >= 11 is 13.4. The Hall–Kier alpha value is -0.380. The molecule has 1 aromatic rings. The first-order chi connectivity index (χ1) is 7.15. The van der Waals surface area contributed by atoms with Crippen molar-refractivity contribution in [2.24, 2.45) is 0 Å². The zero-order valence-electron chi connectivity index (χ0n) is 8.22. The third-order valence-corrected chi connectivity index (χ3v) is 2.95. The zero-order valence-corrected chi connectivity index (χ0v) is 10.5. The number of thioether (sulfide) groups is 1. The van der Waals surface area contributed by atoms with Crippen LogP contribution in [0.4, 0.5) is 0 Å². The molecule has 0 heterocycles. The largest absolute Gasteiger partial charge is 0.347 e. The second-order valence-electron chi connectivity index (χ2n) is 2.91. The number of carbonyl (C=O) groups excluding carboxylic acids is 1. The monoisotopic (exact) mass is 263 g/mol. The minimum atomic E-state index is -0.0700. The van der Waals surface area contributed by atoms with E-state index in [1.54, 1.807) is 30.0 Å². The Morgan fingerprint density at radius 2 is 2.00 bits per heavy atom. The summed E-state index contributed by atoms with van der Waals surface area (Å²) in [7, 11) is 0. The predicted molar refractivity (Wildman–Crippen MR) is 66.7 cm³/mol. The Kier molecular flexibility index (Phi) is 5.29. The standard InChI is InChI=1S/C10H11Cl2NOS/c1-15-6-13-10(14)5-7-8(11)3-2-4-9(7)12/h2-4H,5-6H2,1H3,(H,13,14). The molecule has 0 atom stereocenters. The van der Waals surface area contributed by atoms with Gasteiger partial charge in [0.1, 0.15) is 0 Å². The van der Waals surface area contributed by atoms with Gasteiger partial charge in [-0.25, -0.2) is 0 Å². The summed E-state index contributed by atoms with van der Waals surface area (Å²) in [6.45, 7) is 0. The average Bonchev–Trinajstić information content (AvgIpc) is 2.21. The van der Waals surface area contributed by atoms with Crippen LogP contribution in [0.3, 0.4) is 0 Å². The first-order valence-corrected chi connectivity index (χ1v) is 6.48. The molecule has 0 aliphatic heterocycles. The summed E-state index contributed by atoms with van der Waals surface area (Å²) in [5, 5.41) is 3.80. The lowest BCUT2D eigenvalue weighted by atomic mass is 10.1. The lowest BCUT2D eigenvalue weighted by Crippen LogP contribution is -2.24. The van der Waals surface area contributed by atoms with Gasteiger partial charge in [0.2, 0.25) is 5.91 Å². The smallest absolute Gasteiger partial charge is 0.225 e. The quantitative estimate of drug-likeness (QED) is 0.847. The molecule has 1 amide bonds. The number of rotatable bonds is 4. The Morgan fingerprint density at radius 3 is 2.53 bits per heavy atom. The van der Waals surface area contributed by atoms with Gasteiger partial charge in [-0.05, 0) is 24.0 Å². The molecule has 0 bridgehead atoms. The molecule has 0 spiro atoms. The lowest BCUT2D eigenvalue weighted by Gasteiger charge is -2.06. The van der Waals surface area contributed by atoms with Gasteiger partial charge < -0.3 is 5.32 Å². The van der Waals surface area contributed by atoms with Gasteiger partial charge in [-0.1, -0.05) is 29.3 Å². The molecular formula is C10H11Cl2NOS. The Labute approximate surface area is 103 Å². The summed E-state index contributed by atoms with van der Waals surface area (Å²) in [6, 6.07) is 5.21. The molecule has 0 fully saturated rings. The highest BCUT2D eigenvalue weighted by molar-refractivity contribution is 7.98. The van der Waals surface area contributed by atoms with E-state index in [0.29, 0.717) is 21.5 Å². The number of amides is 1. The SMILES string of the molecule is CSCNC(=O)Cc1c(Cl)cccc1Cl. The summed E-state index contributed by atoms with van der Waals surface area (Å²) < 4.78 is 0. The van der Waals surface area contributed by atoms with E-state index in [2.05, 4.69) is 5.32 Å². The van der Waals surface area contributed by atoms with Crippen LogP contribution in [0.2, 0.25) is 10.0 Å². The molecule has 1 N–H and O–H groups in total. The average molecular weight is 264 g/mol. The molecule has 0 aromatic heterocycles. The Bertz CT molecular complexity index is 337. The molecule has 82 valence electrons.